The van der Waals surface area contributed by atoms with E-state index in [1.54, 1.807) is 0 Å². The number of nitrogens with zero attached hydrogens (tertiary/aromatic N) is 2. The SMILES string of the molecule is CC1C=CC=C(c2cccc3c2c2ccccc2n3-c2cccc(-n3c4ccccc4c4c(-c5ccccc5)cccc43)c2)C1. The molecule has 0 saturated heterocycles. The molecular weight excluding hydrogens is 544 g/mol. The Morgan fingerprint density at radius 2 is 1.04 bits per heavy atom. The van der Waals surface area contributed by atoms with E-state index in [2.05, 4.69) is 174 Å². The molecule has 2 heteroatoms. The number of rotatable bonds is 4. The first-order chi connectivity index (χ1) is 22.3. The first-order valence-corrected chi connectivity index (χ1v) is 15.8. The van der Waals surface area contributed by atoms with Crippen LogP contribution in [0.25, 0.3) is 71.7 Å². The van der Waals surface area contributed by atoms with Crippen molar-refractivity contribution in [3.63, 3.8) is 0 Å². The van der Waals surface area contributed by atoms with Crippen molar-refractivity contribution in [3.05, 3.63) is 163 Å². The lowest BCUT2D eigenvalue weighted by Gasteiger charge is -2.16. The smallest absolute Gasteiger partial charge is 0.0547 e. The van der Waals surface area contributed by atoms with E-state index in [-0.39, 0.29) is 0 Å². The van der Waals surface area contributed by atoms with Crippen molar-refractivity contribution in [2.24, 2.45) is 5.92 Å². The van der Waals surface area contributed by atoms with Gasteiger partial charge in [-0.25, -0.2) is 0 Å². The van der Waals surface area contributed by atoms with Crippen LogP contribution in [0.4, 0.5) is 0 Å². The molecule has 1 unspecified atom stereocenters. The lowest BCUT2D eigenvalue weighted by Crippen LogP contribution is -1.99. The van der Waals surface area contributed by atoms with E-state index >= 15 is 0 Å². The molecule has 0 spiro atoms. The van der Waals surface area contributed by atoms with Crippen LogP contribution in [0.5, 0.6) is 0 Å². The van der Waals surface area contributed by atoms with Gasteiger partial charge in [0.15, 0.2) is 0 Å². The first-order valence-electron chi connectivity index (χ1n) is 15.8. The molecule has 1 aliphatic carbocycles. The van der Waals surface area contributed by atoms with Crippen LogP contribution in [0.3, 0.4) is 0 Å². The minimum Gasteiger partial charge on any atom is -0.309 e. The van der Waals surface area contributed by atoms with Gasteiger partial charge in [0.05, 0.1) is 22.1 Å². The van der Waals surface area contributed by atoms with Crippen LogP contribution < -0.4 is 0 Å². The van der Waals surface area contributed by atoms with Crippen molar-refractivity contribution in [2.75, 3.05) is 0 Å². The Kier molecular flexibility index (Phi) is 5.89. The Morgan fingerprint density at radius 3 is 1.69 bits per heavy atom. The molecule has 0 radical (unpaired) electrons. The number of para-hydroxylation sites is 2. The van der Waals surface area contributed by atoms with E-state index in [0.29, 0.717) is 5.92 Å². The van der Waals surface area contributed by atoms with Crippen molar-refractivity contribution in [3.8, 4) is 22.5 Å². The van der Waals surface area contributed by atoms with Crippen molar-refractivity contribution in [1.29, 1.82) is 0 Å². The number of aromatic nitrogens is 2. The second-order valence-corrected chi connectivity index (χ2v) is 12.2. The maximum atomic E-state index is 2.45. The molecule has 6 aromatic carbocycles. The third kappa shape index (κ3) is 4.03. The normalized spacial score (nSPS) is 15.0. The maximum Gasteiger partial charge on any atom is 0.0547 e. The summed E-state index contributed by atoms with van der Waals surface area (Å²) in [6.07, 6.45) is 7.88. The Balaban J connectivity index is 1.30. The van der Waals surface area contributed by atoms with Crippen molar-refractivity contribution >= 4 is 49.2 Å². The van der Waals surface area contributed by atoms with Gasteiger partial charge in [0.2, 0.25) is 0 Å². The second-order valence-electron chi connectivity index (χ2n) is 12.2. The zero-order valence-corrected chi connectivity index (χ0v) is 25.2. The van der Waals surface area contributed by atoms with Gasteiger partial charge in [-0.05, 0) is 77.1 Å². The van der Waals surface area contributed by atoms with Gasteiger partial charge in [0, 0.05) is 32.9 Å². The summed E-state index contributed by atoms with van der Waals surface area (Å²) in [6.45, 7) is 2.30. The molecule has 2 nitrogen and oxygen atoms in total. The van der Waals surface area contributed by atoms with Crippen LogP contribution in [0.15, 0.2) is 158 Å². The molecular formula is C43H32N2. The summed E-state index contributed by atoms with van der Waals surface area (Å²) in [4.78, 5) is 0. The number of hydrogen-bond donors (Lipinski definition) is 0. The van der Waals surface area contributed by atoms with Crippen molar-refractivity contribution < 1.29 is 0 Å². The highest BCUT2D eigenvalue weighted by atomic mass is 15.0. The zero-order valence-electron chi connectivity index (χ0n) is 25.2. The molecule has 2 aromatic heterocycles. The summed E-state index contributed by atoms with van der Waals surface area (Å²) in [7, 11) is 0. The monoisotopic (exact) mass is 576 g/mol. The van der Waals surface area contributed by atoms with E-state index in [1.165, 1.54) is 65.9 Å². The maximum absolute atomic E-state index is 2.45. The summed E-state index contributed by atoms with van der Waals surface area (Å²) in [5.41, 5.74) is 12.4. The third-order valence-corrected chi connectivity index (χ3v) is 9.45. The number of allylic oxidation sites excluding steroid dienone is 4. The van der Waals surface area contributed by atoms with E-state index in [1.807, 2.05) is 0 Å². The number of fused-ring (bicyclic) bond motifs is 6. The Hall–Kier alpha value is -5.60. The average Bonchev–Trinajstić information content (AvgIpc) is 3.62. The summed E-state index contributed by atoms with van der Waals surface area (Å²) in [5.74, 6) is 0.541. The lowest BCUT2D eigenvalue weighted by molar-refractivity contribution is 0.749. The van der Waals surface area contributed by atoms with Crippen LogP contribution in [0.2, 0.25) is 0 Å². The molecule has 9 rings (SSSR count). The second kappa shape index (κ2) is 10.2. The van der Waals surface area contributed by atoms with Crippen LogP contribution in [0, 0.1) is 5.92 Å². The van der Waals surface area contributed by atoms with Gasteiger partial charge < -0.3 is 9.13 Å². The van der Waals surface area contributed by atoms with E-state index in [0.717, 1.165) is 17.8 Å². The summed E-state index contributed by atoms with van der Waals surface area (Å²) >= 11 is 0. The molecule has 0 bridgehead atoms. The Bertz CT molecular complexity index is 2470. The highest BCUT2D eigenvalue weighted by Crippen LogP contribution is 2.41. The minimum absolute atomic E-state index is 0.541. The largest absolute Gasteiger partial charge is 0.309 e. The molecule has 2 heterocycles. The predicted octanol–water partition coefficient (Wildman–Crippen LogP) is 11.5. The van der Waals surface area contributed by atoms with Gasteiger partial charge in [0.1, 0.15) is 0 Å². The van der Waals surface area contributed by atoms with Gasteiger partial charge in [0.25, 0.3) is 0 Å². The fourth-order valence-electron chi connectivity index (χ4n) is 7.54. The highest BCUT2D eigenvalue weighted by Gasteiger charge is 2.20. The fourth-order valence-corrected chi connectivity index (χ4v) is 7.54. The van der Waals surface area contributed by atoms with Crippen LogP contribution >= 0.6 is 0 Å². The minimum atomic E-state index is 0.541. The quantitative estimate of drug-likeness (QED) is 0.197. The number of hydrogen-bond acceptors (Lipinski definition) is 0. The molecule has 0 fully saturated rings. The van der Waals surface area contributed by atoms with E-state index < -0.39 is 0 Å². The van der Waals surface area contributed by atoms with Gasteiger partial charge >= 0.3 is 0 Å². The summed E-state index contributed by atoms with van der Waals surface area (Å²) < 4.78 is 4.88. The zero-order chi connectivity index (χ0) is 29.9. The van der Waals surface area contributed by atoms with Crippen LogP contribution in [-0.2, 0) is 0 Å². The molecule has 0 saturated carbocycles. The third-order valence-electron chi connectivity index (χ3n) is 9.45. The summed E-state index contributed by atoms with van der Waals surface area (Å²) in [6, 6.07) is 50.9. The van der Waals surface area contributed by atoms with Crippen LogP contribution in [-0.4, -0.2) is 9.13 Å². The highest BCUT2D eigenvalue weighted by molar-refractivity contribution is 6.16. The Labute approximate surface area is 262 Å². The first kappa shape index (κ1) is 25.9. The van der Waals surface area contributed by atoms with Crippen molar-refractivity contribution in [2.45, 2.75) is 13.3 Å². The molecule has 45 heavy (non-hydrogen) atoms. The summed E-state index contributed by atoms with van der Waals surface area (Å²) in [5, 5.41) is 5.18. The molecule has 1 atom stereocenters. The van der Waals surface area contributed by atoms with Crippen LogP contribution in [0.1, 0.15) is 18.9 Å². The van der Waals surface area contributed by atoms with Gasteiger partial charge in [-0.3, -0.25) is 0 Å². The lowest BCUT2D eigenvalue weighted by atomic mass is 9.89. The molecule has 1 aliphatic rings. The molecule has 0 N–H and O–H groups in total. The van der Waals surface area contributed by atoms with Gasteiger partial charge in [-0.15, -0.1) is 0 Å². The van der Waals surface area contributed by atoms with E-state index in [4.69, 9.17) is 0 Å². The predicted molar refractivity (Wildman–Crippen MR) is 191 cm³/mol. The Morgan fingerprint density at radius 1 is 0.511 bits per heavy atom. The van der Waals surface area contributed by atoms with E-state index in [9.17, 15) is 0 Å². The molecule has 0 amide bonds. The van der Waals surface area contributed by atoms with Gasteiger partial charge in [-0.1, -0.05) is 122 Å². The van der Waals surface area contributed by atoms with Crippen molar-refractivity contribution in [1.82, 2.24) is 9.13 Å². The topological polar surface area (TPSA) is 9.86 Å². The number of benzene rings is 6. The average molecular weight is 577 g/mol. The fraction of sp³-hybridized carbons (Fsp3) is 0.0698. The molecule has 8 aromatic rings. The molecule has 0 aliphatic heterocycles. The molecule has 214 valence electrons. The standard InChI is InChI=1S/C43H32N2/c1-29-13-9-16-31(27-29)35-22-12-26-41-43(35)37-20-6-8-24-39(37)45(41)33-18-10-17-32(28-33)44-38-23-7-5-19-36(38)42-34(21-11-25-40(42)44)30-14-3-2-4-15-30/h2-26,28-29H,27H2,1H3. The van der Waals surface area contributed by atoms with Gasteiger partial charge in [-0.2, -0.15) is 0 Å².